The number of nitrogens with one attached hydrogen (secondary N) is 1. The van der Waals surface area contributed by atoms with Crippen LogP contribution in [0.4, 0.5) is 14.6 Å². The summed E-state index contributed by atoms with van der Waals surface area (Å²) < 4.78 is 36.4. The minimum Gasteiger partial charge on any atom is -0.378 e. The number of nitrogens with zero attached hydrogens (tertiary/aromatic N) is 8. The number of aromatic nitrogens is 8. The summed E-state index contributed by atoms with van der Waals surface area (Å²) in [6, 6.07) is 2.06. The van der Waals surface area contributed by atoms with Gasteiger partial charge in [-0.3, -0.25) is 4.68 Å². The number of hydrogen-bond acceptors (Lipinski definition) is 7. The summed E-state index contributed by atoms with van der Waals surface area (Å²) in [6.07, 6.45) is 7.71. The summed E-state index contributed by atoms with van der Waals surface area (Å²) in [7, 11) is 0. The van der Waals surface area contributed by atoms with Gasteiger partial charge in [-0.15, -0.1) is 10.2 Å². The number of morpholine rings is 1. The third-order valence-corrected chi connectivity index (χ3v) is 6.60. The lowest BCUT2D eigenvalue weighted by Gasteiger charge is -2.27. The molecule has 1 N–H and O–H groups in total. The molecule has 0 aromatic carbocycles. The Morgan fingerprint density at radius 2 is 1.79 bits per heavy atom. The molecule has 178 valence electrons. The molecular formula is C22H25F2N9O. The Hall–Kier alpha value is -3.41. The minimum absolute atomic E-state index is 0.143. The van der Waals surface area contributed by atoms with Gasteiger partial charge in [0.15, 0.2) is 17.3 Å². The summed E-state index contributed by atoms with van der Waals surface area (Å²) >= 11 is 0. The number of halogens is 2. The van der Waals surface area contributed by atoms with Crippen molar-refractivity contribution in [2.24, 2.45) is 0 Å². The number of H-pyrrole nitrogens is 1. The third kappa shape index (κ3) is 3.81. The van der Waals surface area contributed by atoms with Gasteiger partial charge in [0.2, 0.25) is 0 Å². The maximum Gasteiger partial charge on any atom is 0.282 e. The van der Waals surface area contributed by atoms with E-state index >= 15 is 0 Å². The molecule has 0 amide bonds. The highest BCUT2D eigenvalue weighted by Crippen LogP contribution is 2.34. The van der Waals surface area contributed by atoms with E-state index in [2.05, 4.69) is 30.3 Å². The molecule has 4 aromatic rings. The normalized spacial score (nSPS) is 17.8. The Morgan fingerprint density at radius 3 is 2.56 bits per heavy atom. The molecule has 12 heteroatoms. The van der Waals surface area contributed by atoms with E-state index in [9.17, 15) is 8.78 Å². The quantitative estimate of drug-likeness (QED) is 0.476. The Labute approximate surface area is 194 Å². The van der Waals surface area contributed by atoms with Crippen LogP contribution < -0.4 is 4.90 Å². The highest BCUT2D eigenvalue weighted by atomic mass is 19.3. The standard InChI is InChI=1S/C22H25F2N9O/c23-19(24)18-16(13-33(30-18)14-4-2-1-3-5-14)21-27-20(28-29-21)15-12-25-32-7-6-17(26-22(15)32)31-8-10-34-11-9-31/h6-7,12-14,19H,1-5,8-11H2,(H,27,28,29). The van der Waals surface area contributed by atoms with Gasteiger partial charge < -0.3 is 14.6 Å². The summed E-state index contributed by atoms with van der Waals surface area (Å²) in [4.78, 5) is 10.0. The Morgan fingerprint density at radius 1 is 1.03 bits per heavy atom. The summed E-state index contributed by atoms with van der Waals surface area (Å²) in [5.41, 5.74) is 1.25. The van der Waals surface area contributed by atoms with Crippen LogP contribution in [0.5, 0.6) is 0 Å². The number of aromatic amines is 1. The molecule has 0 atom stereocenters. The highest BCUT2D eigenvalue weighted by molar-refractivity contribution is 5.74. The zero-order valence-corrected chi connectivity index (χ0v) is 18.6. The van der Waals surface area contributed by atoms with Crippen molar-refractivity contribution in [3.05, 3.63) is 30.4 Å². The minimum atomic E-state index is -2.71. The summed E-state index contributed by atoms with van der Waals surface area (Å²) in [5, 5.41) is 17.0. The molecule has 0 unspecified atom stereocenters. The van der Waals surface area contributed by atoms with Gasteiger partial charge in [0.1, 0.15) is 11.5 Å². The zero-order valence-electron chi connectivity index (χ0n) is 18.6. The smallest absolute Gasteiger partial charge is 0.282 e. The van der Waals surface area contributed by atoms with Crippen LogP contribution in [0, 0.1) is 0 Å². The van der Waals surface area contributed by atoms with Crippen LogP contribution in [0.3, 0.4) is 0 Å². The molecule has 6 rings (SSSR count). The van der Waals surface area contributed by atoms with Gasteiger partial charge in [0, 0.05) is 25.5 Å². The first kappa shape index (κ1) is 21.1. The second-order valence-electron chi connectivity index (χ2n) is 8.73. The maximum atomic E-state index is 13.8. The number of ether oxygens (including phenoxy) is 1. The Kier molecular flexibility index (Phi) is 5.44. The lowest BCUT2D eigenvalue weighted by molar-refractivity contribution is 0.122. The van der Waals surface area contributed by atoms with E-state index in [4.69, 9.17) is 9.72 Å². The van der Waals surface area contributed by atoms with Crippen molar-refractivity contribution in [2.75, 3.05) is 31.2 Å². The third-order valence-electron chi connectivity index (χ3n) is 6.60. The van der Waals surface area contributed by atoms with E-state index in [1.807, 2.05) is 12.3 Å². The van der Waals surface area contributed by atoms with E-state index in [0.717, 1.165) is 44.6 Å². The van der Waals surface area contributed by atoms with Gasteiger partial charge in [0.05, 0.1) is 36.6 Å². The number of rotatable bonds is 5. The molecule has 0 radical (unpaired) electrons. The predicted octanol–water partition coefficient (Wildman–Crippen LogP) is 3.66. The van der Waals surface area contributed by atoms with Gasteiger partial charge in [0.25, 0.3) is 6.43 Å². The molecule has 1 aliphatic carbocycles. The summed E-state index contributed by atoms with van der Waals surface area (Å²) in [5.74, 6) is 1.50. The van der Waals surface area contributed by atoms with Crippen molar-refractivity contribution < 1.29 is 13.5 Å². The molecule has 34 heavy (non-hydrogen) atoms. The van der Waals surface area contributed by atoms with Gasteiger partial charge in [-0.2, -0.15) is 10.2 Å². The van der Waals surface area contributed by atoms with E-state index in [1.165, 1.54) is 6.42 Å². The monoisotopic (exact) mass is 469 g/mol. The second kappa shape index (κ2) is 8.75. The Bertz CT molecular complexity index is 1280. The number of anilines is 1. The first-order valence-electron chi connectivity index (χ1n) is 11.6. The van der Waals surface area contributed by atoms with Crippen molar-refractivity contribution >= 4 is 11.5 Å². The maximum absolute atomic E-state index is 13.8. The van der Waals surface area contributed by atoms with Crippen LogP contribution in [0.25, 0.3) is 28.4 Å². The zero-order chi connectivity index (χ0) is 23.1. The van der Waals surface area contributed by atoms with Crippen LogP contribution in [0.15, 0.2) is 24.7 Å². The predicted molar refractivity (Wildman–Crippen MR) is 120 cm³/mol. The molecule has 2 aliphatic rings. The number of alkyl halides is 2. The topological polar surface area (TPSA) is 102 Å². The fraction of sp³-hybridized carbons (Fsp3) is 0.500. The van der Waals surface area contributed by atoms with E-state index in [0.29, 0.717) is 30.2 Å². The van der Waals surface area contributed by atoms with Crippen LogP contribution >= 0.6 is 0 Å². The largest absolute Gasteiger partial charge is 0.378 e. The van der Waals surface area contributed by atoms with Crippen LogP contribution in [-0.4, -0.2) is 65.9 Å². The molecule has 2 fully saturated rings. The summed E-state index contributed by atoms with van der Waals surface area (Å²) in [6.45, 7) is 2.85. The number of fused-ring (bicyclic) bond motifs is 1. The molecule has 10 nitrogen and oxygen atoms in total. The molecule has 4 aromatic heterocycles. The van der Waals surface area contributed by atoms with Crippen molar-refractivity contribution in [1.29, 1.82) is 0 Å². The fourth-order valence-corrected chi connectivity index (χ4v) is 4.78. The van der Waals surface area contributed by atoms with Crippen molar-refractivity contribution in [3.63, 3.8) is 0 Å². The lowest BCUT2D eigenvalue weighted by Crippen LogP contribution is -2.36. The average molecular weight is 470 g/mol. The van der Waals surface area contributed by atoms with Crippen LogP contribution in [-0.2, 0) is 4.74 Å². The van der Waals surface area contributed by atoms with Crippen LogP contribution in [0.2, 0.25) is 0 Å². The number of hydrogen-bond donors (Lipinski definition) is 1. The van der Waals surface area contributed by atoms with Crippen molar-refractivity contribution in [2.45, 2.75) is 44.6 Å². The molecule has 1 aliphatic heterocycles. The van der Waals surface area contributed by atoms with Gasteiger partial charge in [-0.25, -0.2) is 18.3 Å². The van der Waals surface area contributed by atoms with E-state index in [1.54, 1.807) is 21.6 Å². The molecule has 1 saturated heterocycles. The van der Waals surface area contributed by atoms with Crippen molar-refractivity contribution in [3.8, 4) is 22.8 Å². The van der Waals surface area contributed by atoms with Crippen molar-refractivity contribution in [1.82, 2.24) is 39.6 Å². The van der Waals surface area contributed by atoms with Crippen LogP contribution in [0.1, 0.15) is 50.3 Å². The first-order chi connectivity index (χ1) is 16.7. The average Bonchev–Trinajstić information content (AvgIpc) is 3.62. The second-order valence-corrected chi connectivity index (χ2v) is 8.73. The Balaban J connectivity index is 1.34. The highest BCUT2D eigenvalue weighted by Gasteiger charge is 2.26. The van der Waals surface area contributed by atoms with E-state index < -0.39 is 6.43 Å². The molecule has 0 spiro atoms. The molecule has 0 bridgehead atoms. The van der Waals surface area contributed by atoms with E-state index in [-0.39, 0.29) is 23.1 Å². The fourth-order valence-electron chi connectivity index (χ4n) is 4.78. The SMILES string of the molecule is FC(F)c1nn(C2CCCCC2)cc1-c1nnc(-c2cnn3ccc(N4CCOCC4)nc23)[nH]1. The molecule has 5 heterocycles. The lowest BCUT2D eigenvalue weighted by atomic mass is 9.96. The first-order valence-corrected chi connectivity index (χ1v) is 11.6. The van der Waals surface area contributed by atoms with Gasteiger partial charge >= 0.3 is 0 Å². The molecule has 1 saturated carbocycles. The molecular weight excluding hydrogens is 444 g/mol. The van der Waals surface area contributed by atoms with Gasteiger partial charge in [-0.1, -0.05) is 19.3 Å². The van der Waals surface area contributed by atoms with Gasteiger partial charge in [-0.05, 0) is 18.9 Å².